The van der Waals surface area contributed by atoms with E-state index in [1.54, 1.807) is 10.7 Å². The Labute approximate surface area is 138 Å². The van der Waals surface area contributed by atoms with Crippen LogP contribution in [-0.4, -0.2) is 20.3 Å². The van der Waals surface area contributed by atoms with Crippen molar-refractivity contribution in [2.45, 2.75) is 33.7 Å². The van der Waals surface area contributed by atoms with Gasteiger partial charge < -0.3 is 4.57 Å². The number of carbonyl (C=O) groups excluding carboxylic acids is 1. The van der Waals surface area contributed by atoms with E-state index in [9.17, 15) is 4.79 Å². The zero-order chi connectivity index (χ0) is 16.7. The van der Waals surface area contributed by atoms with Crippen LogP contribution in [0.2, 0.25) is 0 Å². The molecule has 0 aliphatic carbocycles. The molecule has 0 spiro atoms. The molecule has 3 rings (SSSR count). The van der Waals surface area contributed by atoms with Gasteiger partial charge in [0.1, 0.15) is 0 Å². The molecular weight excluding hydrogens is 308 g/mol. The van der Waals surface area contributed by atoms with Crippen LogP contribution in [0, 0.1) is 13.8 Å². The number of hydrogen-bond donors (Lipinski definition) is 0. The number of thiazole rings is 1. The summed E-state index contributed by atoms with van der Waals surface area (Å²) in [6, 6.07) is 6.22. The van der Waals surface area contributed by atoms with Crippen molar-refractivity contribution < 1.29 is 4.79 Å². The fourth-order valence-electron chi connectivity index (χ4n) is 2.37. The van der Waals surface area contributed by atoms with Crippen LogP contribution in [0.25, 0.3) is 10.2 Å². The van der Waals surface area contributed by atoms with Crippen molar-refractivity contribution in [2.75, 3.05) is 0 Å². The maximum atomic E-state index is 12.4. The zero-order valence-corrected chi connectivity index (χ0v) is 14.8. The molecule has 1 aromatic carbocycles. The fraction of sp³-hybridized carbons (Fsp3) is 0.353. The number of benzene rings is 1. The monoisotopic (exact) mass is 328 g/mol. The van der Waals surface area contributed by atoms with Crippen molar-refractivity contribution in [1.29, 1.82) is 0 Å². The van der Waals surface area contributed by atoms with E-state index >= 15 is 0 Å². The van der Waals surface area contributed by atoms with E-state index in [1.807, 2.05) is 31.7 Å². The van der Waals surface area contributed by atoms with Crippen molar-refractivity contribution >= 4 is 27.5 Å². The lowest BCUT2D eigenvalue weighted by atomic mass is 10.1. The fourth-order valence-corrected chi connectivity index (χ4v) is 3.47. The second-order valence-corrected chi connectivity index (χ2v) is 7.05. The molecule has 0 saturated heterocycles. The third kappa shape index (κ3) is 2.86. The average Bonchev–Trinajstić information content (AvgIpc) is 3.08. The molecule has 0 aliphatic rings. The highest BCUT2D eigenvalue weighted by Crippen LogP contribution is 2.21. The van der Waals surface area contributed by atoms with E-state index in [2.05, 4.69) is 36.1 Å². The normalized spacial score (nSPS) is 12.5. The van der Waals surface area contributed by atoms with Crippen molar-refractivity contribution in [3.63, 3.8) is 0 Å². The molecule has 0 radical (unpaired) electrons. The Morgan fingerprint density at radius 1 is 1.26 bits per heavy atom. The van der Waals surface area contributed by atoms with Gasteiger partial charge in [-0.3, -0.25) is 9.48 Å². The van der Waals surface area contributed by atoms with Crippen LogP contribution < -0.4 is 4.80 Å². The number of aromatic nitrogens is 3. The number of rotatable bonds is 2. The van der Waals surface area contributed by atoms with Crippen LogP contribution in [0.3, 0.4) is 0 Å². The van der Waals surface area contributed by atoms with Gasteiger partial charge in [-0.15, -0.1) is 0 Å². The summed E-state index contributed by atoms with van der Waals surface area (Å²) < 4.78 is 4.86. The molecular formula is C17H20N4OS. The number of nitrogens with zero attached hydrogens (tertiary/aromatic N) is 4. The van der Waals surface area contributed by atoms with E-state index in [0.29, 0.717) is 10.5 Å². The van der Waals surface area contributed by atoms with Gasteiger partial charge in [-0.25, -0.2) is 0 Å². The molecule has 0 N–H and O–H groups in total. The predicted octanol–water partition coefficient (Wildman–Crippen LogP) is 3.38. The highest BCUT2D eigenvalue weighted by Gasteiger charge is 2.11. The Morgan fingerprint density at radius 2 is 1.96 bits per heavy atom. The summed E-state index contributed by atoms with van der Waals surface area (Å²) in [5.74, 6) is -0.306. The quantitative estimate of drug-likeness (QED) is 0.724. The number of aryl methyl sites for hydroxylation is 3. The van der Waals surface area contributed by atoms with Gasteiger partial charge in [-0.05, 0) is 57.0 Å². The van der Waals surface area contributed by atoms with Crippen LogP contribution in [0.15, 0.2) is 29.4 Å². The van der Waals surface area contributed by atoms with Crippen molar-refractivity contribution in [2.24, 2.45) is 12.0 Å². The smallest absolute Gasteiger partial charge is 0.300 e. The number of amides is 1. The third-order valence-electron chi connectivity index (χ3n) is 3.98. The first kappa shape index (κ1) is 15.7. The second kappa shape index (κ2) is 5.77. The number of carbonyl (C=O) groups is 1. The summed E-state index contributed by atoms with van der Waals surface area (Å²) >= 11 is 1.52. The first-order valence-electron chi connectivity index (χ1n) is 7.58. The van der Waals surface area contributed by atoms with E-state index in [1.165, 1.54) is 22.5 Å². The maximum absolute atomic E-state index is 12.4. The van der Waals surface area contributed by atoms with Crippen molar-refractivity contribution in [3.05, 3.63) is 46.0 Å². The van der Waals surface area contributed by atoms with Crippen LogP contribution in [0.5, 0.6) is 0 Å². The molecule has 23 heavy (non-hydrogen) atoms. The van der Waals surface area contributed by atoms with E-state index < -0.39 is 0 Å². The van der Waals surface area contributed by atoms with Gasteiger partial charge in [0.25, 0.3) is 5.91 Å². The standard InChI is InChI=1S/C17H20N4OS/c1-10(2)21-7-6-13(19-21)16(22)18-17-20(5)14-8-11(3)12(4)9-15(14)23-17/h6-10H,1-5H3. The molecule has 0 atom stereocenters. The Bertz CT molecular complexity index is 959. The molecule has 0 unspecified atom stereocenters. The van der Waals surface area contributed by atoms with Gasteiger partial charge >= 0.3 is 0 Å². The van der Waals surface area contributed by atoms with Gasteiger partial charge in [0.15, 0.2) is 10.5 Å². The number of hydrogen-bond acceptors (Lipinski definition) is 3. The molecule has 2 heterocycles. The van der Waals surface area contributed by atoms with E-state index in [4.69, 9.17) is 0 Å². The molecule has 2 aromatic heterocycles. The summed E-state index contributed by atoms with van der Waals surface area (Å²) in [5, 5.41) is 4.29. The third-order valence-corrected chi connectivity index (χ3v) is 5.07. The lowest BCUT2D eigenvalue weighted by Gasteiger charge is -2.02. The highest BCUT2D eigenvalue weighted by molar-refractivity contribution is 7.16. The van der Waals surface area contributed by atoms with Gasteiger partial charge in [-0.1, -0.05) is 11.3 Å². The topological polar surface area (TPSA) is 52.2 Å². The summed E-state index contributed by atoms with van der Waals surface area (Å²) in [6.45, 7) is 8.23. The number of fused-ring (bicyclic) bond motifs is 1. The van der Waals surface area contributed by atoms with Crippen LogP contribution in [0.4, 0.5) is 0 Å². The summed E-state index contributed by atoms with van der Waals surface area (Å²) in [6.07, 6.45) is 1.81. The van der Waals surface area contributed by atoms with Crippen molar-refractivity contribution in [3.8, 4) is 0 Å². The zero-order valence-electron chi connectivity index (χ0n) is 14.0. The highest BCUT2D eigenvalue weighted by atomic mass is 32.1. The largest absolute Gasteiger partial charge is 0.319 e. The summed E-state index contributed by atoms with van der Waals surface area (Å²) in [5.41, 5.74) is 3.95. The van der Waals surface area contributed by atoms with E-state index in [-0.39, 0.29) is 11.9 Å². The van der Waals surface area contributed by atoms with Crippen molar-refractivity contribution in [1.82, 2.24) is 14.3 Å². The lowest BCUT2D eigenvalue weighted by Crippen LogP contribution is -2.14. The molecule has 1 amide bonds. The Kier molecular flexibility index (Phi) is 3.93. The predicted molar refractivity (Wildman–Crippen MR) is 92.8 cm³/mol. The maximum Gasteiger partial charge on any atom is 0.300 e. The molecule has 0 saturated carbocycles. The Hall–Kier alpha value is -2.21. The summed E-state index contributed by atoms with van der Waals surface area (Å²) in [4.78, 5) is 17.3. The molecule has 6 heteroatoms. The molecule has 0 bridgehead atoms. The van der Waals surface area contributed by atoms with Gasteiger partial charge in [0.05, 0.1) is 10.2 Å². The van der Waals surface area contributed by atoms with Gasteiger partial charge in [0, 0.05) is 19.3 Å². The van der Waals surface area contributed by atoms with Gasteiger partial charge in [0.2, 0.25) is 0 Å². The second-order valence-electron chi connectivity index (χ2n) is 6.04. The minimum Gasteiger partial charge on any atom is -0.319 e. The first-order valence-corrected chi connectivity index (χ1v) is 8.39. The minimum atomic E-state index is -0.306. The lowest BCUT2D eigenvalue weighted by molar-refractivity contribution is 0.0992. The Morgan fingerprint density at radius 3 is 2.61 bits per heavy atom. The van der Waals surface area contributed by atoms with Crippen LogP contribution >= 0.6 is 11.3 Å². The Balaban J connectivity index is 2.06. The SMILES string of the molecule is Cc1cc2sc(=NC(=O)c3ccn(C(C)C)n3)n(C)c2cc1C. The van der Waals surface area contributed by atoms with Crippen LogP contribution in [0.1, 0.15) is 41.5 Å². The molecule has 0 fully saturated rings. The van der Waals surface area contributed by atoms with Crippen LogP contribution in [-0.2, 0) is 7.05 Å². The minimum absolute atomic E-state index is 0.225. The first-order chi connectivity index (χ1) is 10.9. The average molecular weight is 328 g/mol. The summed E-state index contributed by atoms with van der Waals surface area (Å²) in [7, 11) is 1.94. The molecule has 3 aromatic rings. The molecule has 0 aliphatic heterocycles. The van der Waals surface area contributed by atoms with Gasteiger partial charge in [-0.2, -0.15) is 10.1 Å². The molecule has 5 nitrogen and oxygen atoms in total. The molecule has 120 valence electrons. The van der Waals surface area contributed by atoms with E-state index in [0.717, 1.165) is 10.2 Å².